The van der Waals surface area contributed by atoms with Crippen molar-refractivity contribution in [2.24, 2.45) is 0 Å². The molecule has 1 N–H and O–H groups in total. The lowest BCUT2D eigenvalue weighted by atomic mass is 9.85. The molecule has 0 unspecified atom stereocenters. The number of hydrogen-bond donors (Lipinski definition) is 1. The van der Waals surface area contributed by atoms with Crippen LogP contribution < -0.4 is 0 Å². The van der Waals surface area contributed by atoms with Crippen molar-refractivity contribution in [1.29, 1.82) is 0 Å². The van der Waals surface area contributed by atoms with E-state index >= 15 is 0 Å². The number of thioether (sulfide) groups is 1. The molecule has 0 bridgehead atoms. The molecular weight excluding hydrogens is 432 g/mol. The highest BCUT2D eigenvalue weighted by atomic mass is 32.2. The molecule has 164 valence electrons. The van der Waals surface area contributed by atoms with Gasteiger partial charge in [0.15, 0.2) is 0 Å². The van der Waals surface area contributed by atoms with E-state index < -0.39 is 0 Å². The molecule has 0 aliphatic rings. The van der Waals surface area contributed by atoms with Crippen molar-refractivity contribution in [2.75, 3.05) is 0 Å². The molecule has 0 aliphatic carbocycles. The molecule has 4 heteroatoms. The maximum atomic E-state index is 14.4. The van der Waals surface area contributed by atoms with Crippen LogP contribution in [0, 0.1) is 11.6 Å². The highest BCUT2D eigenvalue weighted by Gasteiger charge is 2.30. The van der Waals surface area contributed by atoms with Crippen LogP contribution in [0.1, 0.15) is 33.4 Å². The summed E-state index contributed by atoms with van der Waals surface area (Å²) in [4.78, 5) is 3.37. The first-order chi connectivity index (χ1) is 16.2. The van der Waals surface area contributed by atoms with Crippen LogP contribution in [0.25, 0.3) is 10.9 Å². The zero-order chi connectivity index (χ0) is 22.6. The van der Waals surface area contributed by atoms with Crippen LogP contribution >= 0.6 is 11.8 Å². The Morgan fingerprint density at radius 2 is 1.36 bits per heavy atom. The summed E-state index contributed by atoms with van der Waals surface area (Å²) in [5.41, 5.74) is 5.05. The SMILES string of the molecule is Fc1cccc([C@H](c2c[nH]c3ccccc23)[C@@H](SCc2ccccc2)c2cccc(F)c2)c1. The Hall–Kier alpha value is -3.37. The number of aromatic nitrogens is 1. The second-order valence-corrected chi connectivity index (χ2v) is 9.22. The highest BCUT2D eigenvalue weighted by molar-refractivity contribution is 7.98. The molecule has 33 heavy (non-hydrogen) atoms. The van der Waals surface area contributed by atoms with Gasteiger partial charge in [0.1, 0.15) is 11.6 Å². The van der Waals surface area contributed by atoms with E-state index in [4.69, 9.17) is 0 Å². The second kappa shape index (κ2) is 9.63. The number of benzene rings is 4. The van der Waals surface area contributed by atoms with Gasteiger partial charge < -0.3 is 4.98 Å². The topological polar surface area (TPSA) is 15.8 Å². The molecule has 0 radical (unpaired) electrons. The summed E-state index contributed by atoms with van der Waals surface area (Å²) >= 11 is 1.75. The molecular formula is C29H23F2NS. The van der Waals surface area contributed by atoms with Crippen molar-refractivity contribution in [3.8, 4) is 0 Å². The molecule has 1 nitrogen and oxygen atoms in total. The summed E-state index contributed by atoms with van der Waals surface area (Å²) in [6.07, 6.45) is 2.01. The van der Waals surface area contributed by atoms with E-state index in [1.807, 2.05) is 54.7 Å². The lowest BCUT2D eigenvalue weighted by Gasteiger charge is -2.28. The largest absolute Gasteiger partial charge is 0.361 e. The molecule has 4 aromatic carbocycles. The van der Waals surface area contributed by atoms with Gasteiger partial charge in [-0.3, -0.25) is 0 Å². The Balaban J connectivity index is 1.66. The third-order valence-corrected chi connectivity index (χ3v) is 7.32. The molecule has 1 aromatic heterocycles. The standard InChI is InChI=1S/C29H23F2NS/c30-23-12-6-10-21(16-23)28(26-18-32-27-15-5-4-14-25(26)27)29(22-11-7-13-24(31)17-22)33-19-20-8-2-1-3-9-20/h1-18,28-29,32H,19H2/t28-,29+/m1/s1. The van der Waals surface area contributed by atoms with Gasteiger partial charge in [0.25, 0.3) is 0 Å². The monoisotopic (exact) mass is 455 g/mol. The average molecular weight is 456 g/mol. The number of nitrogens with one attached hydrogen (secondary N) is 1. The van der Waals surface area contributed by atoms with E-state index in [-0.39, 0.29) is 22.8 Å². The second-order valence-electron chi connectivity index (χ2n) is 8.09. The lowest BCUT2D eigenvalue weighted by Crippen LogP contribution is -2.11. The van der Waals surface area contributed by atoms with Crippen molar-refractivity contribution < 1.29 is 8.78 Å². The van der Waals surface area contributed by atoms with Gasteiger partial charge in [0.05, 0.1) is 0 Å². The summed E-state index contributed by atoms with van der Waals surface area (Å²) in [7, 11) is 0. The molecule has 0 aliphatic heterocycles. The van der Waals surface area contributed by atoms with Gasteiger partial charge in [0.2, 0.25) is 0 Å². The quantitative estimate of drug-likeness (QED) is 0.261. The summed E-state index contributed by atoms with van der Waals surface area (Å²) in [5, 5.41) is 0.968. The van der Waals surface area contributed by atoms with Gasteiger partial charge in [0, 0.05) is 34.0 Å². The van der Waals surface area contributed by atoms with Crippen molar-refractivity contribution >= 4 is 22.7 Å². The number of hydrogen-bond acceptors (Lipinski definition) is 1. The van der Waals surface area contributed by atoms with Gasteiger partial charge in [-0.1, -0.05) is 72.8 Å². The van der Waals surface area contributed by atoms with Crippen molar-refractivity contribution in [1.82, 2.24) is 4.98 Å². The Kier molecular flexibility index (Phi) is 6.27. The van der Waals surface area contributed by atoms with Crippen molar-refractivity contribution in [2.45, 2.75) is 16.9 Å². The van der Waals surface area contributed by atoms with Gasteiger partial charge in [-0.05, 0) is 52.6 Å². The predicted molar refractivity (Wildman–Crippen MR) is 133 cm³/mol. The fourth-order valence-corrected chi connectivity index (χ4v) is 5.80. The predicted octanol–water partition coefficient (Wildman–Crippen LogP) is 8.25. The fourth-order valence-electron chi connectivity index (χ4n) is 4.40. The Bertz CT molecular complexity index is 1360. The summed E-state index contributed by atoms with van der Waals surface area (Å²) in [6, 6.07) is 31.9. The maximum absolute atomic E-state index is 14.4. The zero-order valence-corrected chi connectivity index (χ0v) is 18.7. The van der Waals surface area contributed by atoms with Crippen LogP contribution in [-0.2, 0) is 5.75 Å². The van der Waals surface area contributed by atoms with E-state index in [0.717, 1.165) is 33.3 Å². The van der Waals surface area contributed by atoms with Gasteiger partial charge in [-0.2, -0.15) is 0 Å². The fraction of sp³-hybridized carbons (Fsp3) is 0.103. The van der Waals surface area contributed by atoms with Crippen LogP contribution in [-0.4, -0.2) is 4.98 Å². The van der Waals surface area contributed by atoms with E-state index in [1.165, 1.54) is 17.7 Å². The minimum absolute atomic E-state index is 0.123. The minimum atomic E-state index is -0.275. The van der Waals surface area contributed by atoms with E-state index in [1.54, 1.807) is 36.0 Å². The molecule has 2 atom stereocenters. The zero-order valence-electron chi connectivity index (χ0n) is 17.9. The van der Waals surface area contributed by atoms with Gasteiger partial charge in [-0.15, -0.1) is 11.8 Å². The number of aromatic amines is 1. The molecule has 0 saturated carbocycles. The van der Waals surface area contributed by atoms with Crippen LogP contribution in [0.4, 0.5) is 8.78 Å². The Labute approximate surface area is 196 Å². The van der Waals surface area contributed by atoms with E-state index in [2.05, 4.69) is 23.2 Å². The number of rotatable bonds is 7. The third-order valence-electron chi connectivity index (χ3n) is 5.92. The number of H-pyrrole nitrogens is 1. The number of fused-ring (bicyclic) bond motifs is 1. The normalized spacial score (nSPS) is 13.2. The molecule has 0 spiro atoms. The van der Waals surface area contributed by atoms with Crippen molar-refractivity contribution in [3.63, 3.8) is 0 Å². The first kappa shape index (κ1) is 21.5. The van der Waals surface area contributed by atoms with E-state index in [0.29, 0.717) is 0 Å². The van der Waals surface area contributed by atoms with Crippen LogP contribution in [0.2, 0.25) is 0 Å². The van der Waals surface area contributed by atoms with Gasteiger partial charge >= 0.3 is 0 Å². The van der Waals surface area contributed by atoms with E-state index in [9.17, 15) is 8.78 Å². The third kappa shape index (κ3) is 4.71. The lowest BCUT2D eigenvalue weighted by molar-refractivity contribution is 0.618. The summed E-state index contributed by atoms with van der Waals surface area (Å²) in [5.74, 6) is 0.0430. The molecule has 5 aromatic rings. The van der Waals surface area contributed by atoms with Crippen LogP contribution in [0.3, 0.4) is 0 Å². The first-order valence-corrected chi connectivity index (χ1v) is 12.0. The Morgan fingerprint density at radius 1 is 0.697 bits per heavy atom. The number of halogens is 2. The smallest absolute Gasteiger partial charge is 0.123 e. The maximum Gasteiger partial charge on any atom is 0.123 e. The molecule has 0 fully saturated rings. The molecule has 5 rings (SSSR count). The molecule has 1 heterocycles. The Morgan fingerprint density at radius 3 is 2.12 bits per heavy atom. The van der Waals surface area contributed by atoms with Crippen LogP contribution in [0.15, 0.2) is 109 Å². The molecule has 0 saturated heterocycles. The van der Waals surface area contributed by atoms with Gasteiger partial charge in [-0.25, -0.2) is 8.78 Å². The number of para-hydroxylation sites is 1. The summed E-state index contributed by atoms with van der Waals surface area (Å²) in [6.45, 7) is 0. The highest BCUT2D eigenvalue weighted by Crippen LogP contribution is 2.48. The minimum Gasteiger partial charge on any atom is -0.361 e. The molecule has 0 amide bonds. The van der Waals surface area contributed by atoms with Crippen molar-refractivity contribution in [3.05, 3.63) is 143 Å². The summed E-state index contributed by atoms with van der Waals surface area (Å²) < 4.78 is 28.7. The average Bonchev–Trinajstić information content (AvgIpc) is 3.26. The van der Waals surface area contributed by atoms with Crippen LogP contribution in [0.5, 0.6) is 0 Å². The first-order valence-electron chi connectivity index (χ1n) is 10.9.